The van der Waals surface area contributed by atoms with Gasteiger partial charge in [0, 0.05) is 19.0 Å². The predicted octanol–water partition coefficient (Wildman–Crippen LogP) is 2.09. The second-order valence-electron chi connectivity index (χ2n) is 3.31. The Labute approximate surface area is 84.0 Å². The number of carbonyl (C=O) groups is 1. The maximum absolute atomic E-state index is 11.3. The van der Waals surface area contributed by atoms with Crippen molar-refractivity contribution >= 4 is 17.7 Å². The molecule has 76 valence electrons. The van der Waals surface area contributed by atoms with E-state index in [1.54, 1.807) is 4.90 Å². The molecule has 0 spiro atoms. The number of amides is 1. The number of rotatable bonds is 2. The van der Waals surface area contributed by atoms with Gasteiger partial charge in [-0.1, -0.05) is 0 Å². The highest BCUT2D eigenvalue weighted by atomic mass is 35.5. The maximum Gasteiger partial charge on any atom is 0.409 e. The van der Waals surface area contributed by atoms with E-state index in [-0.39, 0.29) is 6.09 Å². The Kier molecular flexibility index (Phi) is 4.36. The van der Waals surface area contributed by atoms with E-state index in [0.29, 0.717) is 18.4 Å². The fourth-order valence-corrected chi connectivity index (χ4v) is 1.82. The van der Waals surface area contributed by atoms with Gasteiger partial charge in [0.1, 0.15) is 0 Å². The standard InChI is InChI=1S/C9H16ClNO2/c1-2-13-9(12)11-5-3-4-8(6-10)7-11/h8H,2-7H2,1H3. The van der Waals surface area contributed by atoms with Crippen LogP contribution in [0.25, 0.3) is 0 Å². The highest BCUT2D eigenvalue weighted by Gasteiger charge is 2.23. The lowest BCUT2D eigenvalue weighted by atomic mass is 10.0. The Bertz CT molecular complexity index is 175. The van der Waals surface area contributed by atoms with E-state index in [1.165, 1.54) is 0 Å². The lowest BCUT2D eigenvalue weighted by Crippen LogP contribution is -2.40. The van der Waals surface area contributed by atoms with Crippen LogP contribution in [0.4, 0.5) is 4.79 Å². The van der Waals surface area contributed by atoms with Crippen LogP contribution in [0.2, 0.25) is 0 Å². The molecule has 4 heteroatoms. The summed E-state index contributed by atoms with van der Waals surface area (Å²) in [4.78, 5) is 13.1. The van der Waals surface area contributed by atoms with E-state index >= 15 is 0 Å². The molecule has 0 saturated carbocycles. The molecule has 0 aromatic carbocycles. The minimum absolute atomic E-state index is 0.197. The molecule has 1 saturated heterocycles. The summed E-state index contributed by atoms with van der Waals surface area (Å²) in [7, 11) is 0. The van der Waals surface area contributed by atoms with E-state index in [2.05, 4.69) is 0 Å². The first-order valence-electron chi connectivity index (χ1n) is 4.75. The molecule has 1 amide bonds. The molecular weight excluding hydrogens is 190 g/mol. The quantitative estimate of drug-likeness (QED) is 0.647. The van der Waals surface area contributed by atoms with Crippen molar-refractivity contribution in [1.29, 1.82) is 0 Å². The van der Waals surface area contributed by atoms with Crippen LogP contribution in [0.1, 0.15) is 19.8 Å². The lowest BCUT2D eigenvalue weighted by Gasteiger charge is -2.30. The minimum atomic E-state index is -0.197. The Morgan fingerprint density at radius 3 is 3.08 bits per heavy atom. The van der Waals surface area contributed by atoms with Crippen LogP contribution in [0, 0.1) is 5.92 Å². The van der Waals surface area contributed by atoms with E-state index < -0.39 is 0 Å². The van der Waals surface area contributed by atoms with E-state index in [1.807, 2.05) is 6.92 Å². The van der Waals surface area contributed by atoms with Gasteiger partial charge < -0.3 is 9.64 Å². The van der Waals surface area contributed by atoms with Crippen LogP contribution >= 0.6 is 11.6 Å². The van der Waals surface area contributed by atoms with Crippen LogP contribution in [0.5, 0.6) is 0 Å². The molecule has 1 rings (SSSR count). The molecule has 3 nitrogen and oxygen atoms in total. The number of hydrogen-bond acceptors (Lipinski definition) is 2. The number of halogens is 1. The Hall–Kier alpha value is -0.440. The number of likely N-dealkylation sites (tertiary alicyclic amines) is 1. The monoisotopic (exact) mass is 205 g/mol. The van der Waals surface area contributed by atoms with E-state index in [9.17, 15) is 4.79 Å². The average molecular weight is 206 g/mol. The van der Waals surface area contributed by atoms with Gasteiger partial charge in [-0.25, -0.2) is 4.79 Å². The zero-order chi connectivity index (χ0) is 9.68. The first kappa shape index (κ1) is 10.6. The van der Waals surface area contributed by atoms with Crippen molar-refractivity contribution in [3.8, 4) is 0 Å². The largest absolute Gasteiger partial charge is 0.450 e. The molecule has 1 aliphatic rings. The highest BCUT2D eigenvalue weighted by molar-refractivity contribution is 6.18. The topological polar surface area (TPSA) is 29.5 Å². The van der Waals surface area contributed by atoms with Crippen LogP contribution in [0.15, 0.2) is 0 Å². The molecule has 1 fully saturated rings. The van der Waals surface area contributed by atoms with E-state index in [0.717, 1.165) is 25.9 Å². The summed E-state index contributed by atoms with van der Waals surface area (Å²) >= 11 is 5.75. The Morgan fingerprint density at radius 2 is 2.46 bits per heavy atom. The second kappa shape index (κ2) is 5.32. The summed E-state index contributed by atoms with van der Waals surface area (Å²) in [5, 5.41) is 0. The zero-order valence-electron chi connectivity index (χ0n) is 7.96. The van der Waals surface area contributed by atoms with Crippen molar-refractivity contribution in [2.75, 3.05) is 25.6 Å². The summed E-state index contributed by atoms with van der Waals surface area (Å²) in [6.07, 6.45) is 1.97. The molecule has 1 aliphatic heterocycles. The minimum Gasteiger partial charge on any atom is -0.450 e. The smallest absolute Gasteiger partial charge is 0.409 e. The third-order valence-corrected chi connectivity index (χ3v) is 2.70. The Morgan fingerprint density at radius 1 is 1.69 bits per heavy atom. The maximum atomic E-state index is 11.3. The molecule has 1 atom stereocenters. The number of ether oxygens (including phenoxy) is 1. The highest BCUT2D eigenvalue weighted by Crippen LogP contribution is 2.17. The number of nitrogens with zero attached hydrogens (tertiary/aromatic N) is 1. The molecule has 0 aromatic rings. The number of alkyl halides is 1. The van der Waals surface area contributed by atoms with Gasteiger partial charge in [-0.2, -0.15) is 0 Å². The SMILES string of the molecule is CCOC(=O)N1CCCC(CCl)C1. The summed E-state index contributed by atoms with van der Waals surface area (Å²) < 4.78 is 4.92. The van der Waals surface area contributed by atoms with Crippen molar-refractivity contribution in [2.45, 2.75) is 19.8 Å². The van der Waals surface area contributed by atoms with Crippen molar-refractivity contribution in [3.05, 3.63) is 0 Å². The molecule has 0 bridgehead atoms. The van der Waals surface area contributed by atoms with Crippen LogP contribution in [-0.4, -0.2) is 36.6 Å². The zero-order valence-corrected chi connectivity index (χ0v) is 8.72. The van der Waals surface area contributed by atoms with Gasteiger partial charge in [0.05, 0.1) is 6.61 Å². The number of piperidine rings is 1. The summed E-state index contributed by atoms with van der Waals surface area (Å²) in [5.41, 5.74) is 0. The van der Waals surface area contributed by atoms with Gasteiger partial charge in [-0.15, -0.1) is 11.6 Å². The van der Waals surface area contributed by atoms with E-state index in [4.69, 9.17) is 16.3 Å². The fraction of sp³-hybridized carbons (Fsp3) is 0.889. The molecule has 0 aliphatic carbocycles. The van der Waals surface area contributed by atoms with Gasteiger partial charge >= 0.3 is 6.09 Å². The summed E-state index contributed by atoms with van der Waals surface area (Å²) in [6.45, 7) is 3.83. The van der Waals surface area contributed by atoms with Crippen molar-refractivity contribution in [1.82, 2.24) is 4.90 Å². The van der Waals surface area contributed by atoms with Crippen molar-refractivity contribution in [2.24, 2.45) is 5.92 Å². The Balaban J connectivity index is 2.37. The summed E-state index contributed by atoms with van der Waals surface area (Å²) in [6, 6.07) is 0. The average Bonchev–Trinajstić information content (AvgIpc) is 2.18. The summed E-state index contributed by atoms with van der Waals surface area (Å²) in [5.74, 6) is 1.08. The third kappa shape index (κ3) is 3.07. The van der Waals surface area contributed by atoms with Gasteiger partial charge in [0.2, 0.25) is 0 Å². The van der Waals surface area contributed by atoms with Crippen molar-refractivity contribution in [3.63, 3.8) is 0 Å². The van der Waals surface area contributed by atoms with Crippen LogP contribution < -0.4 is 0 Å². The van der Waals surface area contributed by atoms with Gasteiger partial charge in [-0.05, 0) is 25.7 Å². The molecule has 0 N–H and O–H groups in total. The van der Waals surface area contributed by atoms with Gasteiger partial charge in [0.15, 0.2) is 0 Å². The second-order valence-corrected chi connectivity index (χ2v) is 3.62. The van der Waals surface area contributed by atoms with Crippen molar-refractivity contribution < 1.29 is 9.53 Å². The lowest BCUT2D eigenvalue weighted by molar-refractivity contribution is 0.0909. The molecule has 13 heavy (non-hydrogen) atoms. The number of hydrogen-bond donors (Lipinski definition) is 0. The predicted molar refractivity (Wildman–Crippen MR) is 52.0 cm³/mol. The molecule has 0 aromatic heterocycles. The molecule has 1 unspecified atom stereocenters. The molecule has 1 heterocycles. The molecule has 0 radical (unpaired) electrons. The fourth-order valence-electron chi connectivity index (χ4n) is 1.57. The molecular formula is C9H16ClNO2. The third-order valence-electron chi connectivity index (χ3n) is 2.26. The van der Waals surface area contributed by atoms with Crippen LogP contribution in [-0.2, 0) is 4.74 Å². The van der Waals surface area contributed by atoms with Crippen LogP contribution in [0.3, 0.4) is 0 Å². The first-order valence-corrected chi connectivity index (χ1v) is 5.29. The first-order chi connectivity index (χ1) is 6.27. The number of carbonyl (C=O) groups excluding carboxylic acids is 1. The normalized spacial score (nSPS) is 22.9. The van der Waals surface area contributed by atoms with Gasteiger partial charge in [-0.3, -0.25) is 0 Å². The van der Waals surface area contributed by atoms with Gasteiger partial charge in [0.25, 0.3) is 0 Å².